The number of carbonyl (C=O) groups is 1. The van der Waals surface area contributed by atoms with Crippen LogP contribution in [0.2, 0.25) is 0 Å². The third-order valence-electron chi connectivity index (χ3n) is 2.93. The molecule has 0 radical (unpaired) electrons. The van der Waals surface area contributed by atoms with E-state index in [1.165, 1.54) is 0 Å². The number of carboxylic acids is 1. The van der Waals surface area contributed by atoms with Crippen molar-refractivity contribution < 1.29 is 9.90 Å². The number of benzene rings is 1. The lowest BCUT2D eigenvalue weighted by molar-refractivity contribution is -0.138. The van der Waals surface area contributed by atoms with Crippen molar-refractivity contribution >= 4 is 11.7 Å². The molecule has 0 aliphatic rings. The van der Waals surface area contributed by atoms with Crippen LogP contribution in [0.15, 0.2) is 18.2 Å². The fourth-order valence-electron chi connectivity index (χ4n) is 2.13. The van der Waals surface area contributed by atoms with Gasteiger partial charge in [-0.2, -0.15) is 0 Å². The van der Waals surface area contributed by atoms with Gasteiger partial charge >= 0.3 is 5.97 Å². The molecule has 1 rings (SSSR count). The highest BCUT2D eigenvalue weighted by Gasteiger charge is 2.22. The molecule has 1 N–H and O–H groups in total. The number of aliphatic carboxylic acids is 1. The van der Waals surface area contributed by atoms with E-state index in [0.717, 1.165) is 16.8 Å². The van der Waals surface area contributed by atoms with Crippen LogP contribution in [0.4, 0.5) is 5.69 Å². The van der Waals surface area contributed by atoms with Gasteiger partial charge in [-0.25, -0.2) is 4.79 Å². The minimum Gasteiger partial charge on any atom is -0.480 e. The average Bonchev–Trinajstić information content (AvgIpc) is 2.17. The first kappa shape index (κ1) is 12.6. The Morgan fingerprint density at radius 1 is 1.38 bits per heavy atom. The minimum atomic E-state index is -0.771. The van der Waals surface area contributed by atoms with Gasteiger partial charge in [0.25, 0.3) is 0 Å². The molecule has 3 nitrogen and oxygen atoms in total. The summed E-state index contributed by atoms with van der Waals surface area (Å²) in [5.74, 6) is -0.771. The molecule has 0 amide bonds. The van der Waals surface area contributed by atoms with E-state index in [9.17, 15) is 4.79 Å². The summed E-state index contributed by atoms with van der Waals surface area (Å²) in [5.41, 5.74) is 3.25. The predicted octanol–water partition coefficient (Wildman–Crippen LogP) is 2.60. The molecule has 0 saturated heterocycles. The second kappa shape index (κ2) is 5.01. The maximum Gasteiger partial charge on any atom is 0.326 e. The lowest BCUT2D eigenvalue weighted by Crippen LogP contribution is -2.38. The Morgan fingerprint density at radius 3 is 2.25 bits per heavy atom. The van der Waals surface area contributed by atoms with Crippen molar-refractivity contribution in [2.45, 2.75) is 33.2 Å². The molecule has 0 fully saturated rings. The van der Waals surface area contributed by atoms with E-state index in [1.807, 2.05) is 50.9 Å². The Labute approximate surface area is 96.7 Å². The van der Waals surface area contributed by atoms with Crippen molar-refractivity contribution in [2.24, 2.45) is 0 Å². The molecular formula is C13H19NO2. The summed E-state index contributed by atoms with van der Waals surface area (Å²) < 4.78 is 0. The number of hydrogen-bond acceptors (Lipinski definition) is 2. The first-order valence-corrected chi connectivity index (χ1v) is 5.50. The smallest absolute Gasteiger partial charge is 0.326 e. The highest BCUT2D eigenvalue weighted by Crippen LogP contribution is 2.25. The van der Waals surface area contributed by atoms with E-state index in [-0.39, 0.29) is 0 Å². The fourth-order valence-corrected chi connectivity index (χ4v) is 2.13. The monoisotopic (exact) mass is 221 g/mol. The van der Waals surface area contributed by atoms with Gasteiger partial charge in [0.2, 0.25) is 0 Å². The second-order valence-corrected chi connectivity index (χ2v) is 4.11. The molecule has 0 unspecified atom stereocenters. The van der Waals surface area contributed by atoms with Crippen molar-refractivity contribution in [3.05, 3.63) is 29.3 Å². The highest BCUT2D eigenvalue weighted by atomic mass is 16.4. The number of carboxylic acid groups (broad SMARTS) is 1. The molecule has 0 spiro atoms. The van der Waals surface area contributed by atoms with Gasteiger partial charge < -0.3 is 10.0 Å². The van der Waals surface area contributed by atoms with Crippen molar-refractivity contribution in [3.8, 4) is 0 Å². The Bertz CT molecular complexity index is 367. The largest absolute Gasteiger partial charge is 0.480 e. The lowest BCUT2D eigenvalue weighted by atomic mass is 10.1. The number of anilines is 1. The van der Waals surface area contributed by atoms with Crippen LogP contribution in [-0.4, -0.2) is 24.2 Å². The molecule has 0 heterocycles. The van der Waals surface area contributed by atoms with Crippen LogP contribution in [0.25, 0.3) is 0 Å². The summed E-state index contributed by atoms with van der Waals surface area (Å²) in [4.78, 5) is 13.0. The van der Waals surface area contributed by atoms with Gasteiger partial charge in [0.1, 0.15) is 6.04 Å². The SMILES string of the molecule is CC[C@H](C(=O)O)N(C)c1c(C)cccc1C. The summed E-state index contributed by atoms with van der Waals surface area (Å²) in [7, 11) is 1.84. The summed E-state index contributed by atoms with van der Waals surface area (Å²) in [6.45, 7) is 5.91. The van der Waals surface area contributed by atoms with Crippen LogP contribution in [-0.2, 0) is 4.79 Å². The summed E-state index contributed by atoms with van der Waals surface area (Å²) in [5, 5.41) is 9.15. The number of hydrogen-bond donors (Lipinski definition) is 1. The third-order valence-corrected chi connectivity index (χ3v) is 2.93. The van der Waals surface area contributed by atoms with Gasteiger partial charge in [-0.3, -0.25) is 0 Å². The predicted molar refractivity (Wildman–Crippen MR) is 66.0 cm³/mol. The zero-order valence-electron chi connectivity index (χ0n) is 10.3. The van der Waals surface area contributed by atoms with Crippen molar-refractivity contribution in [3.63, 3.8) is 0 Å². The van der Waals surface area contributed by atoms with Crippen LogP contribution < -0.4 is 4.90 Å². The average molecular weight is 221 g/mol. The zero-order chi connectivity index (χ0) is 12.3. The molecule has 16 heavy (non-hydrogen) atoms. The molecule has 3 heteroatoms. The molecule has 0 aliphatic carbocycles. The van der Waals surface area contributed by atoms with Crippen LogP contribution >= 0.6 is 0 Å². The molecule has 0 bridgehead atoms. The first-order chi connectivity index (χ1) is 7.49. The van der Waals surface area contributed by atoms with E-state index in [1.54, 1.807) is 0 Å². The number of nitrogens with zero attached hydrogens (tertiary/aromatic N) is 1. The molecule has 0 aromatic heterocycles. The van der Waals surface area contributed by atoms with E-state index < -0.39 is 12.0 Å². The Kier molecular flexibility index (Phi) is 3.93. The molecular weight excluding hydrogens is 202 g/mol. The maximum absolute atomic E-state index is 11.1. The van der Waals surface area contributed by atoms with Crippen LogP contribution in [0.1, 0.15) is 24.5 Å². The van der Waals surface area contributed by atoms with Gasteiger partial charge in [-0.1, -0.05) is 25.1 Å². The lowest BCUT2D eigenvalue weighted by Gasteiger charge is -2.28. The van der Waals surface area contributed by atoms with E-state index in [2.05, 4.69) is 0 Å². The molecule has 88 valence electrons. The standard InChI is InChI=1S/C13H19NO2/c1-5-11(13(15)16)14(4)12-9(2)7-6-8-10(12)3/h6-8,11H,5H2,1-4H3,(H,15,16)/t11-/m1/s1. The van der Waals surface area contributed by atoms with Crippen LogP contribution in [0, 0.1) is 13.8 Å². The molecule has 1 aromatic rings. The highest BCUT2D eigenvalue weighted by molar-refractivity contribution is 5.79. The van der Waals surface area contributed by atoms with Crippen LogP contribution in [0.5, 0.6) is 0 Å². The maximum atomic E-state index is 11.1. The normalized spacial score (nSPS) is 12.2. The summed E-state index contributed by atoms with van der Waals surface area (Å²) in [6.07, 6.45) is 0.597. The molecule has 1 atom stereocenters. The fraction of sp³-hybridized carbons (Fsp3) is 0.462. The summed E-state index contributed by atoms with van der Waals surface area (Å²) in [6, 6.07) is 5.55. The number of likely N-dealkylation sites (N-methyl/N-ethyl adjacent to an activating group) is 1. The van der Waals surface area contributed by atoms with E-state index in [4.69, 9.17) is 5.11 Å². The van der Waals surface area contributed by atoms with Gasteiger partial charge in [0.15, 0.2) is 0 Å². The Balaban J connectivity index is 3.12. The zero-order valence-corrected chi connectivity index (χ0v) is 10.3. The van der Waals surface area contributed by atoms with Crippen molar-refractivity contribution in [1.82, 2.24) is 0 Å². The van der Waals surface area contributed by atoms with Gasteiger partial charge in [-0.15, -0.1) is 0 Å². The second-order valence-electron chi connectivity index (χ2n) is 4.11. The Hall–Kier alpha value is -1.51. The molecule has 0 aliphatic heterocycles. The number of para-hydroxylation sites is 1. The first-order valence-electron chi connectivity index (χ1n) is 5.50. The minimum absolute atomic E-state index is 0.459. The number of rotatable bonds is 4. The molecule has 0 saturated carbocycles. The van der Waals surface area contributed by atoms with Gasteiger partial charge in [0, 0.05) is 12.7 Å². The third kappa shape index (κ3) is 2.35. The number of aryl methyl sites for hydroxylation is 2. The van der Waals surface area contributed by atoms with Gasteiger partial charge in [0.05, 0.1) is 0 Å². The quantitative estimate of drug-likeness (QED) is 0.849. The van der Waals surface area contributed by atoms with Crippen LogP contribution in [0.3, 0.4) is 0 Å². The summed E-state index contributed by atoms with van der Waals surface area (Å²) >= 11 is 0. The Morgan fingerprint density at radius 2 is 1.88 bits per heavy atom. The van der Waals surface area contributed by atoms with Crippen molar-refractivity contribution in [2.75, 3.05) is 11.9 Å². The molecule has 1 aromatic carbocycles. The van der Waals surface area contributed by atoms with E-state index >= 15 is 0 Å². The van der Waals surface area contributed by atoms with Gasteiger partial charge in [-0.05, 0) is 31.4 Å². The topological polar surface area (TPSA) is 40.5 Å². The van der Waals surface area contributed by atoms with Crippen molar-refractivity contribution in [1.29, 1.82) is 0 Å². The van der Waals surface area contributed by atoms with E-state index in [0.29, 0.717) is 6.42 Å².